The minimum absolute atomic E-state index is 0.0306. The molecule has 11 nitrogen and oxygen atoms in total. The zero-order valence-electron chi connectivity index (χ0n) is 19.0. The number of anilines is 2. The predicted octanol–water partition coefficient (Wildman–Crippen LogP) is 2.89. The van der Waals surface area contributed by atoms with E-state index in [4.69, 9.17) is 4.74 Å². The van der Waals surface area contributed by atoms with Crippen molar-refractivity contribution in [3.63, 3.8) is 0 Å². The number of aryl methyl sites for hydroxylation is 1. The summed E-state index contributed by atoms with van der Waals surface area (Å²) in [4.78, 5) is 7.65. The minimum atomic E-state index is -4.00. The van der Waals surface area contributed by atoms with E-state index >= 15 is 0 Å². The molecule has 0 radical (unpaired) electrons. The number of aromatic nitrogens is 4. The molecule has 2 aromatic heterocycles. The van der Waals surface area contributed by atoms with Gasteiger partial charge in [0.15, 0.2) is 0 Å². The Labute approximate surface area is 202 Å². The number of nitrogens with one attached hydrogen (secondary N) is 2. The Morgan fingerprint density at radius 2 is 1.54 bits per heavy atom. The number of sulfonamides is 2. The van der Waals surface area contributed by atoms with Gasteiger partial charge in [0.1, 0.15) is 17.0 Å². The van der Waals surface area contributed by atoms with Crippen LogP contribution in [-0.2, 0) is 20.0 Å². The van der Waals surface area contributed by atoms with Gasteiger partial charge in [-0.3, -0.25) is 9.44 Å². The maximum atomic E-state index is 13.2. The lowest BCUT2D eigenvalue weighted by Gasteiger charge is -2.11. The maximum absolute atomic E-state index is 13.2. The van der Waals surface area contributed by atoms with Crippen molar-refractivity contribution in [2.24, 2.45) is 0 Å². The van der Waals surface area contributed by atoms with Gasteiger partial charge in [-0.15, -0.1) is 0 Å². The average Bonchev–Trinajstić information content (AvgIpc) is 3.14. The van der Waals surface area contributed by atoms with Crippen molar-refractivity contribution < 1.29 is 21.6 Å². The highest BCUT2D eigenvalue weighted by Crippen LogP contribution is 2.26. The van der Waals surface area contributed by atoms with Crippen LogP contribution in [-0.4, -0.2) is 43.7 Å². The number of methoxy groups -OCH3 is 1. The zero-order valence-corrected chi connectivity index (χ0v) is 20.6. The molecule has 0 bridgehead atoms. The van der Waals surface area contributed by atoms with Gasteiger partial charge in [-0.25, -0.2) is 31.5 Å². The molecule has 13 heteroatoms. The van der Waals surface area contributed by atoms with Gasteiger partial charge in [-0.1, -0.05) is 18.2 Å². The van der Waals surface area contributed by atoms with Crippen LogP contribution in [0.15, 0.2) is 76.8 Å². The Balaban J connectivity index is 1.56. The molecule has 182 valence electrons. The van der Waals surface area contributed by atoms with Crippen LogP contribution in [0.2, 0.25) is 0 Å². The van der Waals surface area contributed by atoms with Crippen molar-refractivity contribution in [3.05, 3.63) is 78.4 Å². The summed E-state index contributed by atoms with van der Waals surface area (Å²) in [5.74, 6) is 0.228. The van der Waals surface area contributed by atoms with Crippen LogP contribution in [0.4, 0.5) is 11.5 Å². The fraction of sp³-hybridized carbons (Fsp3) is 0.136. The Morgan fingerprint density at radius 3 is 2.20 bits per heavy atom. The van der Waals surface area contributed by atoms with Gasteiger partial charge in [-0.05, 0) is 50.2 Å². The van der Waals surface area contributed by atoms with Gasteiger partial charge in [0.25, 0.3) is 20.0 Å². The molecule has 0 aliphatic carbocycles. The van der Waals surface area contributed by atoms with E-state index in [2.05, 4.69) is 24.5 Å². The molecular weight excluding hydrogens is 492 g/mol. The first-order valence-electron chi connectivity index (χ1n) is 10.2. The van der Waals surface area contributed by atoms with E-state index in [0.29, 0.717) is 11.4 Å². The molecule has 2 heterocycles. The van der Waals surface area contributed by atoms with E-state index in [9.17, 15) is 16.8 Å². The summed E-state index contributed by atoms with van der Waals surface area (Å²) in [7, 11) is -6.57. The average molecular weight is 515 g/mol. The third-order valence-corrected chi connectivity index (χ3v) is 8.00. The van der Waals surface area contributed by atoms with Gasteiger partial charge in [0.2, 0.25) is 5.88 Å². The number of hydrogen-bond donors (Lipinski definition) is 2. The highest BCUT2D eigenvalue weighted by atomic mass is 32.2. The molecule has 0 fully saturated rings. The number of hydrogen-bond acceptors (Lipinski definition) is 8. The topological polar surface area (TPSA) is 145 Å². The number of ether oxygens (including phenoxy) is 1. The second-order valence-electron chi connectivity index (χ2n) is 7.43. The van der Waals surface area contributed by atoms with Crippen LogP contribution in [0.5, 0.6) is 5.88 Å². The fourth-order valence-corrected chi connectivity index (χ4v) is 5.90. The summed E-state index contributed by atoms with van der Waals surface area (Å²) in [5, 5.41) is 4.38. The lowest BCUT2D eigenvalue weighted by molar-refractivity contribution is 0.397. The van der Waals surface area contributed by atoms with E-state index in [1.165, 1.54) is 43.8 Å². The molecule has 35 heavy (non-hydrogen) atoms. The normalized spacial score (nSPS) is 11.7. The number of nitrogens with zero attached hydrogens (tertiary/aromatic N) is 4. The fourth-order valence-electron chi connectivity index (χ4n) is 3.45. The first-order valence-corrected chi connectivity index (χ1v) is 13.2. The van der Waals surface area contributed by atoms with Crippen LogP contribution in [0.1, 0.15) is 11.4 Å². The van der Waals surface area contributed by atoms with Crippen molar-refractivity contribution in [1.29, 1.82) is 0 Å². The first-order chi connectivity index (χ1) is 16.6. The summed E-state index contributed by atoms with van der Waals surface area (Å²) in [6, 6.07) is 15.8. The van der Waals surface area contributed by atoms with E-state index in [1.807, 2.05) is 30.3 Å². The van der Waals surface area contributed by atoms with Gasteiger partial charge in [-0.2, -0.15) is 5.10 Å². The van der Waals surface area contributed by atoms with Crippen molar-refractivity contribution >= 4 is 31.6 Å². The van der Waals surface area contributed by atoms with E-state index in [0.717, 1.165) is 5.69 Å². The Hall–Kier alpha value is -3.97. The third-order valence-electron chi connectivity index (χ3n) is 5.00. The molecule has 4 rings (SSSR count). The smallest absolute Gasteiger partial charge is 0.265 e. The molecule has 4 aromatic rings. The monoisotopic (exact) mass is 514 g/mol. The highest BCUT2D eigenvalue weighted by molar-refractivity contribution is 7.93. The van der Waals surface area contributed by atoms with Gasteiger partial charge >= 0.3 is 0 Å². The molecule has 0 aliphatic heterocycles. The summed E-state index contributed by atoms with van der Waals surface area (Å²) in [6.45, 7) is 3.29. The Kier molecular flexibility index (Phi) is 6.45. The number of benzene rings is 2. The van der Waals surface area contributed by atoms with Crippen LogP contribution in [0, 0.1) is 13.8 Å². The molecule has 0 spiro atoms. The standard InChI is InChI=1S/C22H22N6O5S2/c1-15-22(16(2)28(25-15)18-7-5-4-6-8-18)35(31,32)26-17-9-11-19(12-10-17)34(29,30)27-20-13-21(33-3)24-14-23-20/h4-14,26H,1-3H3,(H,23,24,27). The zero-order chi connectivity index (χ0) is 25.2. The van der Waals surface area contributed by atoms with E-state index in [-0.39, 0.29) is 27.2 Å². The van der Waals surface area contributed by atoms with Crippen LogP contribution in [0.25, 0.3) is 5.69 Å². The van der Waals surface area contributed by atoms with Crippen LogP contribution < -0.4 is 14.2 Å². The largest absolute Gasteiger partial charge is 0.481 e. The second kappa shape index (κ2) is 9.35. The lowest BCUT2D eigenvalue weighted by atomic mass is 10.3. The third kappa shape index (κ3) is 5.10. The molecule has 0 saturated heterocycles. The number of para-hydroxylation sites is 1. The lowest BCUT2D eigenvalue weighted by Crippen LogP contribution is -2.16. The highest BCUT2D eigenvalue weighted by Gasteiger charge is 2.25. The molecule has 0 atom stereocenters. The van der Waals surface area contributed by atoms with Crippen LogP contribution in [0.3, 0.4) is 0 Å². The molecule has 0 unspecified atom stereocenters. The SMILES string of the molecule is COc1cc(NS(=O)(=O)c2ccc(NS(=O)(=O)c3c(C)nn(-c4ccccc4)c3C)cc2)ncn1. The Bertz CT molecular complexity index is 1570. The molecular formula is C22H22N6O5S2. The quantitative estimate of drug-likeness (QED) is 0.365. The first kappa shape index (κ1) is 24.2. The molecule has 0 saturated carbocycles. The second-order valence-corrected chi connectivity index (χ2v) is 10.7. The minimum Gasteiger partial charge on any atom is -0.481 e. The summed E-state index contributed by atoms with van der Waals surface area (Å²) in [6.07, 6.45) is 1.17. The van der Waals surface area contributed by atoms with Gasteiger partial charge in [0, 0.05) is 11.8 Å². The molecule has 2 aromatic carbocycles. The van der Waals surface area contributed by atoms with Gasteiger partial charge in [0.05, 0.1) is 29.1 Å². The summed E-state index contributed by atoms with van der Waals surface area (Å²) < 4.78 is 63.0. The Morgan fingerprint density at radius 1 is 0.857 bits per heavy atom. The number of rotatable bonds is 8. The summed E-state index contributed by atoms with van der Waals surface area (Å²) >= 11 is 0. The van der Waals surface area contributed by atoms with E-state index < -0.39 is 20.0 Å². The summed E-state index contributed by atoms with van der Waals surface area (Å²) in [5.41, 5.74) is 1.71. The van der Waals surface area contributed by atoms with Crippen molar-refractivity contribution in [2.75, 3.05) is 16.6 Å². The van der Waals surface area contributed by atoms with E-state index in [1.54, 1.807) is 18.5 Å². The molecule has 2 N–H and O–H groups in total. The predicted molar refractivity (Wildman–Crippen MR) is 130 cm³/mol. The molecule has 0 aliphatic rings. The van der Waals surface area contributed by atoms with Crippen molar-refractivity contribution in [3.8, 4) is 11.6 Å². The van der Waals surface area contributed by atoms with Crippen molar-refractivity contribution in [2.45, 2.75) is 23.6 Å². The van der Waals surface area contributed by atoms with Gasteiger partial charge < -0.3 is 4.74 Å². The van der Waals surface area contributed by atoms with Crippen molar-refractivity contribution in [1.82, 2.24) is 19.7 Å². The van der Waals surface area contributed by atoms with Crippen LogP contribution >= 0.6 is 0 Å². The maximum Gasteiger partial charge on any atom is 0.265 e. The molecule has 0 amide bonds.